The van der Waals surface area contributed by atoms with Gasteiger partial charge in [0.1, 0.15) is 11.2 Å². The monoisotopic (exact) mass is 866 g/mol. The molecule has 0 fully saturated rings. The van der Waals surface area contributed by atoms with Gasteiger partial charge >= 0.3 is 0 Å². The topological polar surface area (TPSA) is 38.9 Å². The van der Waals surface area contributed by atoms with Crippen LogP contribution in [0.5, 0.6) is 0 Å². The van der Waals surface area contributed by atoms with E-state index >= 15 is 0 Å². The van der Waals surface area contributed by atoms with E-state index in [-0.39, 0.29) is 0 Å². The third-order valence-electron chi connectivity index (χ3n) is 13.8. The molecule has 0 N–H and O–H groups in total. The highest BCUT2D eigenvalue weighted by atomic mass is 16.3. The van der Waals surface area contributed by atoms with Crippen LogP contribution in [0.2, 0.25) is 0 Å². The molecule has 3 heteroatoms. The molecular formula is C65H42N2O. The molecule has 10 aromatic carbocycles. The summed E-state index contributed by atoms with van der Waals surface area (Å²) in [6.45, 7) is 0. The molecule has 3 nitrogen and oxygen atoms in total. The standard InChI is InChI=1S/C65H42N2O/c1-5-19-43(20-6-1)44-35-37-45(38-36-44)47-39-48(52-29-17-30-54-53-27-14-16-34-61(53)68-63(52)54)41-49(40-47)59-42-60(67-64(66-59)46-21-7-2-8-22-46)56-31-18-33-58-62(56)55-28-13-15-32-57(55)65(58,50-23-9-3-10-24-50)51-25-11-4-12-26-51/h1-42H. The van der Waals surface area contributed by atoms with E-state index in [9.17, 15) is 0 Å². The fraction of sp³-hybridized carbons (Fsp3) is 0.0154. The van der Waals surface area contributed by atoms with Crippen LogP contribution in [0, 0.1) is 0 Å². The fourth-order valence-electron chi connectivity index (χ4n) is 10.7. The Kier molecular flexibility index (Phi) is 9.40. The van der Waals surface area contributed by atoms with Gasteiger partial charge < -0.3 is 4.42 Å². The van der Waals surface area contributed by atoms with E-state index in [0.29, 0.717) is 5.82 Å². The quantitative estimate of drug-likeness (QED) is 0.153. The van der Waals surface area contributed by atoms with Gasteiger partial charge in [-0.15, -0.1) is 0 Å². The average Bonchev–Trinajstić information content (AvgIpc) is 3.96. The first-order chi connectivity index (χ1) is 33.7. The number of aromatic nitrogens is 2. The summed E-state index contributed by atoms with van der Waals surface area (Å²) in [5.74, 6) is 0.665. The first-order valence-corrected chi connectivity index (χ1v) is 23.2. The van der Waals surface area contributed by atoms with Crippen molar-refractivity contribution in [2.75, 3.05) is 0 Å². The SMILES string of the molecule is c1ccc(-c2ccc(-c3cc(-c4cc(-c5cccc6c5-c5ccccc5C6(c5ccccc5)c5ccccc5)nc(-c5ccccc5)n4)cc(-c4cccc5c4oc4ccccc45)c3)cc2)cc1. The summed E-state index contributed by atoms with van der Waals surface area (Å²) in [5.41, 5.74) is 19.8. The van der Waals surface area contributed by atoms with Gasteiger partial charge in [-0.05, 0) is 91.5 Å². The lowest BCUT2D eigenvalue weighted by atomic mass is 9.67. The zero-order valence-electron chi connectivity index (χ0n) is 37.1. The number of hydrogen-bond donors (Lipinski definition) is 0. The first-order valence-electron chi connectivity index (χ1n) is 23.2. The average molecular weight is 867 g/mol. The molecule has 0 saturated heterocycles. The molecule has 0 bridgehead atoms. The van der Waals surface area contributed by atoms with Crippen molar-refractivity contribution in [1.82, 2.24) is 9.97 Å². The Morgan fingerprint density at radius 1 is 0.309 bits per heavy atom. The van der Waals surface area contributed by atoms with E-state index in [4.69, 9.17) is 14.4 Å². The molecule has 0 unspecified atom stereocenters. The van der Waals surface area contributed by atoms with Crippen molar-refractivity contribution in [2.24, 2.45) is 0 Å². The largest absolute Gasteiger partial charge is 0.455 e. The number of nitrogens with zero attached hydrogens (tertiary/aromatic N) is 2. The molecule has 0 atom stereocenters. The van der Waals surface area contributed by atoms with Gasteiger partial charge in [0.15, 0.2) is 5.82 Å². The summed E-state index contributed by atoms with van der Waals surface area (Å²) in [7, 11) is 0. The summed E-state index contributed by atoms with van der Waals surface area (Å²) in [5, 5.41) is 2.19. The molecule has 13 rings (SSSR count). The minimum Gasteiger partial charge on any atom is -0.455 e. The van der Waals surface area contributed by atoms with E-state index in [1.54, 1.807) is 0 Å². The lowest BCUT2D eigenvalue weighted by Gasteiger charge is -2.33. The fourth-order valence-corrected chi connectivity index (χ4v) is 10.7. The van der Waals surface area contributed by atoms with Crippen LogP contribution >= 0.6 is 0 Å². The van der Waals surface area contributed by atoms with Crippen LogP contribution < -0.4 is 0 Å². The van der Waals surface area contributed by atoms with Gasteiger partial charge in [0.25, 0.3) is 0 Å². The molecule has 2 heterocycles. The van der Waals surface area contributed by atoms with Gasteiger partial charge in [0.05, 0.1) is 16.8 Å². The van der Waals surface area contributed by atoms with Crippen LogP contribution in [0.15, 0.2) is 259 Å². The highest BCUT2D eigenvalue weighted by Gasteiger charge is 2.46. The smallest absolute Gasteiger partial charge is 0.160 e. The zero-order valence-corrected chi connectivity index (χ0v) is 37.1. The van der Waals surface area contributed by atoms with E-state index in [1.165, 1.54) is 44.5 Å². The lowest BCUT2D eigenvalue weighted by molar-refractivity contribution is 0.670. The van der Waals surface area contributed by atoms with Crippen molar-refractivity contribution in [3.63, 3.8) is 0 Å². The van der Waals surface area contributed by atoms with Crippen LogP contribution in [0.1, 0.15) is 22.3 Å². The maximum absolute atomic E-state index is 6.67. The second kappa shape index (κ2) is 16.2. The lowest BCUT2D eigenvalue weighted by Crippen LogP contribution is -2.28. The molecule has 0 spiro atoms. The van der Waals surface area contributed by atoms with E-state index < -0.39 is 5.41 Å². The van der Waals surface area contributed by atoms with Crippen LogP contribution in [-0.4, -0.2) is 9.97 Å². The van der Waals surface area contributed by atoms with Crippen LogP contribution in [0.25, 0.3) is 100 Å². The zero-order chi connectivity index (χ0) is 45.0. The Balaban J connectivity index is 1.06. The molecule has 12 aromatic rings. The third kappa shape index (κ3) is 6.43. The Morgan fingerprint density at radius 2 is 0.809 bits per heavy atom. The highest BCUT2D eigenvalue weighted by Crippen LogP contribution is 2.58. The van der Waals surface area contributed by atoms with Crippen LogP contribution in [0.3, 0.4) is 0 Å². The Morgan fingerprint density at radius 3 is 1.54 bits per heavy atom. The van der Waals surface area contributed by atoms with E-state index in [2.05, 4.69) is 237 Å². The van der Waals surface area contributed by atoms with Crippen molar-refractivity contribution in [3.8, 4) is 78.4 Å². The van der Waals surface area contributed by atoms with Crippen molar-refractivity contribution >= 4 is 21.9 Å². The van der Waals surface area contributed by atoms with Gasteiger partial charge in [-0.3, -0.25) is 0 Å². The minimum absolute atomic E-state index is 0.542. The van der Waals surface area contributed by atoms with Crippen LogP contribution in [0.4, 0.5) is 0 Å². The van der Waals surface area contributed by atoms with Gasteiger partial charge in [-0.25, -0.2) is 9.97 Å². The minimum atomic E-state index is -0.542. The third-order valence-corrected chi connectivity index (χ3v) is 13.8. The number of benzene rings is 10. The van der Waals surface area contributed by atoms with Crippen molar-refractivity contribution in [3.05, 3.63) is 277 Å². The number of hydrogen-bond acceptors (Lipinski definition) is 3. The van der Waals surface area contributed by atoms with E-state index in [0.717, 1.165) is 72.3 Å². The maximum Gasteiger partial charge on any atom is 0.160 e. The predicted octanol–water partition coefficient (Wildman–Crippen LogP) is 16.7. The van der Waals surface area contributed by atoms with Crippen molar-refractivity contribution in [1.29, 1.82) is 0 Å². The van der Waals surface area contributed by atoms with E-state index in [1.807, 2.05) is 18.2 Å². The number of fused-ring (bicyclic) bond motifs is 6. The number of furan rings is 1. The number of rotatable bonds is 8. The van der Waals surface area contributed by atoms with Gasteiger partial charge in [0.2, 0.25) is 0 Å². The molecule has 318 valence electrons. The maximum atomic E-state index is 6.67. The summed E-state index contributed by atoms with van der Waals surface area (Å²) >= 11 is 0. The molecule has 0 radical (unpaired) electrons. The summed E-state index contributed by atoms with van der Waals surface area (Å²) in [6.07, 6.45) is 0. The van der Waals surface area contributed by atoms with Gasteiger partial charge in [-0.1, -0.05) is 224 Å². The van der Waals surface area contributed by atoms with Gasteiger partial charge in [0, 0.05) is 33.0 Å². The predicted molar refractivity (Wildman–Crippen MR) is 279 cm³/mol. The first kappa shape index (κ1) is 39.4. The Labute approximate surface area is 395 Å². The molecule has 0 amide bonds. The molecule has 1 aliphatic rings. The molecule has 0 aliphatic heterocycles. The number of para-hydroxylation sites is 2. The van der Waals surface area contributed by atoms with Crippen molar-refractivity contribution in [2.45, 2.75) is 5.41 Å². The van der Waals surface area contributed by atoms with Gasteiger partial charge in [-0.2, -0.15) is 0 Å². The Hall–Kier alpha value is -8.92. The molecular weight excluding hydrogens is 825 g/mol. The molecule has 1 aliphatic carbocycles. The molecule has 2 aromatic heterocycles. The Bertz CT molecular complexity index is 3780. The second-order valence-corrected chi connectivity index (χ2v) is 17.6. The van der Waals surface area contributed by atoms with Crippen molar-refractivity contribution < 1.29 is 4.42 Å². The normalized spacial score (nSPS) is 12.5. The summed E-state index contributed by atoms with van der Waals surface area (Å²) in [4.78, 5) is 10.9. The molecule has 0 saturated carbocycles. The molecule has 68 heavy (non-hydrogen) atoms. The second-order valence-electron chi connectivity index (χ2n) is 17.6. The highest BCUT2D eigenvalue weighted by molar-refractivity contribution is 6.10. The summed E-state index contributed by atoms with van der Waals surface area (Å²) in [6, 6.07) is 91.1. The summed E-state index contributed by atoms with van der Waals surface area (Å²) < 4.78 is 6.67. The van der Waals surface area contributed by atoms with Crippen LogP contribution in [-0.2, 0) is 5.41 Å².